The molecule has 0 atom stereocenters. The van der Waals surface area contributed by atoms with Crippen molar-refractivity contribution in [3.63, 3.8) is 0 Å². The van der Waals surface area contributed by atoms with E-state index in [4.69, 9.17) is 5.11 Å². The van der Waals surface area contributed by atoms with Gasteiger partial charge in [0.15, 0.2) is 0 Å². The average Bonchev–Trinajstić information content (AvgIpc) is 2.39. The summed E-state index contributed by atoms with van der Waals surface area (Å²) in [5, 5.41) is 8.89. The number of carboxylic acid groups (broad SMARTS) is 1. The normalized spacial score (nSPS) is 11.4. The topological polar surface area (TPSA) is 37.3 Å². The first-order valence-electron chi connectivity index (χ1n) is 6.15. The molecule has 0 spiro atoms. The molecule has 0 unspecified atom stereocenters. The third kappa shape index (κ3) is 3.32. The van der Waals surface area contributed by atoms with Gasteiger partial charge in [0.1, 0.15) is 0 Å². The molecule has 2 heteroatoms. The second-order valence-electron chi connectivity index (χ2n) is 4.62. The predicted molar refractivity (Wildman–Crippen MR) is 77.9 cm³/mol. The van der Waals surface area contributed by atoms with Crippen molar-refractivity contribution in [2.24, 2.45) is 0 Å². The summed E-state index contributed by atoms with van der Waals surface area (Å²) in [6, 6.07) is 16.2. The maximum Gasteiger partial charge on any atom is 0.331 e. The lowest BCUT2D eigenvalue weighted by molar-refractivity contribution is -0.132. The Balaban J connectivity index is 2.37. The second kappa shape index (κ2) is 5.53. The van der Waals surface area contributed by atoms with E-state index < -0.39 is 5.97 Å². The SMILES string of the molecule is C/C(=C\c1cccc(-c2ccc(C)cc2)c1)C(=O)O. The molecule has 0 aromatic heterocycles. The summed E-state index contributed by atoms with van der Waals surface area (Å²) in [7, 11) is 0. The molecule has 0 heterocycles. The summed E-state index contributed by atoms with van der Waals surface area (Å²) in [5.41, 5.74) is 4.68. The molecule has 0 bridgehead atoms. The number of carboxylic acids is 1. The van der Waals surface area contributed by atoms with Gasteiger partial charge < -0.3 is 5.11 Å². The van der Waals surface area contributed by atoms with Crippen molar-refractivity contribution in [1.29, 1.82) is 0 Å². The maximum atomic E-state index is 10.8. The van der Waals surface area contributed by atoms with E-state index in [1.165, 1.54) is 5.56 Å². The van der Waals surface area contributed by atoms with E-state index in [1.54, 1.807) is 13.0 Å². The summed E-state index contributed by atoms with van der Waals surface area (Å²) >= 11 is 0. The number of hydrogen-bond donors (Lipinski definition) is 1. The van der Waals surface area contributed by atoms with Gasteiger partial charge in [-0.3, -0.25) is 0 Å². The van der Waals surface area contributed by atoms with Crippen LogP contribution in [-0.4, -0.2) is 11.1 Å². The molecule has 0 aliphatic rings. The van der Waals surface area contributed by atoms with Crippen molar-refractivity contribution in [1.82, 2.24) is 0 Å². The maximum absolute atomic E-state index is 10.8. The third-order valence-corrected chi connectivity index (χ3v) is 2.99. The van der Waals surface area contributed by atoms with Gasteiger partial charge in [-0.05, 0) is 42.7 Å². The van der Waals surface area contributed by atoms with Crippen LogP contribution in [0.25, 0.3) is 17.2 Å². The molecule has 0 radical (unpaired) electrons. The Bertz CT molecular complexity index is 622. The third-order valence-electron chi connectivity index (χ3n) is 2.99. The minimum absolute atomic E-state index is 0.334. The molecule has 2 aromatic rings. The van der Waals surface area contributed by atoms with Crippen LogP contribution in [0.2, 0.25) is 0 Å². The largest absolute Gasteiger partial charge is 0.478 e. The molecule has 0 aliphatic carbocycles. The first-order valence-corrected chi connectivity index (χ1v) is 6.15. The molecular formula is C17H16O2. The van der Waals surface area contributed by atoms with Gasteiger partial charge in [0.05, 0.1) is 0 Å². The van der Waals surface area contributed by atoms with E-state index in [1.807, 2.05) is 24.3 Å². The van der Waals surface area contributed by atoms with Crippen molar-refractivity contribution < 1.29 is 9.90 Å². The Morgan fingerprint density at radius 2 is 1.74 bits per heavy atom. The van der Waals surface area contributed by atoms with Crippen LogP contribution in [0.15, 0.2) is 54.1 Å². The Kier molecular flexibility index (Phi) is 3.81. The van der Waals surface area contributed by atoms with E-state index in [0.717, 1.165) is 16.7 Å². The Morgan fingerprint density at radius 1 is 1.05 bits per heavy atom. The number of aryl methyl sites for hydroxylation is 1. The fraction of sp³-hybridized carbons (Fsp3) is 0.118. The molecule has 0 aliphatic heterocycles. The van der Waals surface area contributed by atoms with Gasteiger partial charge >= 0.3 is 5.97 Å². The van der Waals surface area contributed by atoms with Gasteiger partial charge in [-0.15, -0.1) is 0 Å². The summed E-state index contributed by atoms with van der Waals surface area (Å²) < 4.78 is 0. The molecule has 19 heavy (non-hydrogen) atoms. The number of aliphatic carboxylic acids is 1. The molecule has 0 saturated carbocycles. The zero-order valence-electron chi connectivity index (χ0n) is 11.1. The number of rotatable bonds is 3. The van der Waals surface area contributed by atoms with Gasteiger partial charge in [0.25, 0.3) is 0 Å². The molecule has 1 N–H and O–H groups in total. The lowest BCUT2D eigenvalue weighted by Gasteiger charge is -2.04. The Hall–Kier alpha value is -2.35. The summed E-state index contributed by atoms with van der Waals surface area (Å²) in [6.45, 7) is 3.65. The molecule has 2 nitrogen and oxygen atoms in total. The number of benzene rings is 2. The van der Waals surface area contributed by atoms with Crippen LogP contribution >= 0.6 is 0 Å². The van der Waals surface area contributed by atoms with Gasteiger partial charge in [-0.25, -0.2) is 4.79 Å². The highest BCUT2D eigenvalue weighted by Gasteiger charge is 2.01. The minimum Gasteiger partial charge on any atom is -0.478 e. The van der Waals surface area contributed by atoms with E-state index in [-0.39, 0.29) is 0 Å². The molecule has 2 rings (SSSR count). The van der Waals surface area contributed by atoms with Gasteiger partial charge in [0.2, 0.25) is 0 Å². The van der Waals surface area contributed by atoms with Crippen molar-refractivity contribution in [3.8, 4) is 11.1 Å². The molecular weight excluding hydrogens is 236 g/mol. The number of hydrogen-bond acceptors (Lipinski definition) is 1. The summed E-state index contributed by atoms with van der Waals surface area (Å²) in [4.78, 5) is 10.8. The van der Waals surface area contributed by atoms with Crippen molar-refractivity contribution >= 4 is 12.0 Å². The predicted octanol–water partition coefficient (Wildman–Crippen LogP) is 4.15. The summed E-state index contributed by atoms with van der Waals surface area (Å²) in [5.74, 6) is -0.888. The van der Waals surface area contributed by atoms with E-state index >= 15 is 0 Å². The smallest absolute Gasteiger partial charge is 0.331 e. The average molecular weight is 252 g/mol. The second-order valence-corrected chi connectivity index (χ2v) is 4.62. The highest BCUT2D eigenvalue weighted by Crippen LogP contribution is 2.22. The van der Waals surface area contributed by atoms with Crippen LogP contribution < -0.4 is 0 Å². The first-order chi connectivity index (χ1) is 9.06. The van der Waals surface area contributed by atoms with Crippen LogP contribution in [0.3, 0.4) is 0 Å². The van der Waals surface area contributed by atoms with Gasteiger partial charge in [-0.1, -0.05) is 48.0 Å². The molecule has 0 fully saturated rings. The van der Waals surface area contributed by atoms with Crippen molar-refractivity contribution in [2.75, 3.05) is 0 Å². The zero-order chi connectivity index (χ0) is 13.8. The van der Waals surface area contributed by atoms with E-state index in [0.29, 0.717) is 5.57 Å². The van der Waals surface area contributed by atoms with Crippen LogP contribution in [0.1, 0.15) is 18.1 Å². The fourth-order valence-corrected chi connectivity index (χ4v) is 1.87. The Labute approximate surface area is 113 Å². The van der Waals surface area contributed by atoms with Crippen molar-refractivity contribution in [3.05, 3.63) is 65.2 Å². The van der Waals surface area contributed by atoms with Crippen LogP contribution in [0.4, 0.5) is 0 Å². The van der Waals surface area contributed by atoms with E-state index in [9.17, 15) is 4.79 Å². The van der Waals surface area contributed by atoms with Crippen LogP contribution in [0.5, 0.6) is 0 Å². The van der Waals surface area contributed by atoms with E-state index in [2.05, 4.69) is 31.2 Å². The monoisotopic (exact) mass is 252 g/mol. The number of carbonyl (C=O) groups is 1. The minimum atomic E-state index is -0.888. The fourth-order valence-electron chi connectivity index (χ4n) is 1.87. The van der Waals surface area contributed by atoms with Crippen LogP contribution in [0, 0.1) is 6.92 Å². The summed E-state index contributed by atoms with van der Waals surface area (Å²) in [6.07, 6.45) is 1.68. The highest BCUT2D eigenvalue weighted by molar-refractivity contribution is 5.91. The lowest BCUT2D eigenvalue weighted by atomic mass is 10.0. The van der Waals surface area contributed by atoms with Crippen molar-refractivity contribution in [2.45, 2.75) is 13.8 Å². The molecule has 0 amide bonds. The zero-order valence-corrected chi connectivity index (χ0v) is 11.1. The lowest BCUT2D eigenvalue weighted by Crippen LogP contribution is -1.95. The standard InChI is InChI=1S/C17H16O2/c1-12-6-8-15(9-7-12)16-5-3-4-14(11-16)10-13(2)17(18)19/h3-11H,1-2H3,(H,18,19)/b13-10+. The molecule has 96 valence electrons. The van der Waals surface area contributed by atoms with Gasteiger partial charge in [-0.2, -0.15) is 0 Å². The molecule has 2 aromatic carbocycles. The highest BCUT2D eigenvalue weighted by atomic mass is 16.4. The Morgan fingerprint density at radius 3 is 2.37 bits per heavy atom. The molecule has 0 saturated heterocycles. The van der Waals surface area contributed by atoms with Crippen LogP contribution in [-0.2, 0) is 4.79 Å². The van der Waals surface area contributed by atoms with Gasteiger partial charge in [0, 0.05) is 5.57 Å². The first kappa shape index (κ1) is 13.1. The quantitative estimate of drug-likeness (QED) is 0.833.